The molecule has 0 radical (unpaired) electrons. The predicted molar refractivity (Wildman–Crippen MR) is 83.8 cm³/mol. The molecule has 6 nitrogen and oxygen atoms in total. The average molecular weight is 327 g/mol. The van der Waals surface area contributed by atoms with E-state index in [0.29, 0.717) is 19.6 Å². The van der Waals surface area contributed by atoms with Gasteiger partial charge in [-0.15, -0.1) is 24.8 Å². The van der Waals surface area contributed by atoms with E-state index in [-0.39, 0.29) is 30.7 Å². The Bertz CT molecular complexity index is 361. The van der Waals surface area contributed by atoms with E-state index in [2.05, 4.69) is 15.7 Å². The van der Waals surface area contributed by atoms with E-state index in [1.165, 1.54) is 0 Å². The standard InChI is InChI=1S/C12H22N4O2.2ClH/c1-16-10-11(9-15-16)3-4-12(17)14-6-5-13-7-8-18-2;;/h9-10,13H,3-8H2,1-2H3,(H,14,17);2*1H. The Labute approximate surface area is 132 Å². The van der Waals surface area contributed by atoms with Gasteiger partial charge in [0.25, 0.3) is 0 Å². The molecule has 1 amide bonds. The maximum Gasteiger partial charge on any atom is 0.220 e. The number of amides is 1. The summed E-state index contributed by atoms with van der Waals surface area (Å²) in [6.45, 7) is 2.91. The number of nitrogens with one attached hydrogen (secondary N) is 2. The largest absolute Gasteiger partial charge is 0.383 e. The lowest BCUT2D eigenvalue weighted by Crippen LogP contribution is -2.33. The number of aryl methyl sites for hydroxylation is 2. The zero-order valence-corrected chi connectivity index (χ0v) is 13.6. The first kappa shape index (κ1) is 21.5. The molecule has 1 aromatic heterocycles. The van der Waals surface area contributed by atoms with Crippen molar-refractivity contribution < 1.29 is 9.53 Å². The molecule has 0 bridgehead atoms. The van der Waals surface area contributed by atoms with Crippen LogP contribution in [0.25, 0.3) is 0 Å². The van der Waals surface area contributed by atoms with Gasteiger partial charge in [0.2, 0.25) is 5.91 Å². The van der Waals surface area contributed by atoms with Crippen molar-refractivity contribution >= 4 is 30.7 Å². The number of nitrogens with zero attached hydrogens (tertiary/aromatic N) is 2. The molecule has 1 heterocycles. The Morgan fingerprint density at radius 2 is 2.10 bits per heavy atom. The summed E-state index contributed by atoms with van der Waals surface area (Å²) in [5.41, 5.74) is 1.09. The van der Waals surface area contributed by atoms with Crippen LogP contribution in [-0.4, -0.2) is 49.0 Å². The van der Waals surface area contributed by atoms with Gasteiger partial charge in [-0.2, -0.15) is 5.10 Å². The summed E-state index contributed by atoms with van der Waals surface area (Å²) < 4.78 is 6.64. The SMILES string of the molecule is COCCNCCNC(=O)CCc1cnn(C)c1.Cl.Cl. The van der Waals surface area contributed by atoms with Crippen molar-refractivity contribution in [2.45, 2.75) is 12.8 Å². The number of carbonyl (C=O) groups is 1. The molecular weight excluding hydrogens is 303 g/mol. The summed E-state index contributed by atoms with van der Waals surface area (Å²) in [6.07, 6.45) is 4.96. The number of methoxy groups -OCH3 is 1. The first-order chi connectivity index (χ1) is 8.72. The molecule has 0 spiro atoms. The van der Waals surface area contributed by atoms with Gasteiger partial charge in [0.1, 0.15) is 0 Å². The molecular formula is C12H24Cl2N4O2. The number of carbonyl (C=O) groups excluding carboxylic acids is 1. The summed E-state index contributed by atoms with van der Waals surface area (Å²) >= 11 is 0. The summed E-state index contributed by atoms with van der Waals surface area (Å²) in [4.78, 5) is 11.5. The van der Waals surface area contributed by atoms with Crippen LogP contribution in [0.15, 0.2) is 12.4 Å². The number of rotatable bonds is 9. The predicted octanol–water partition coefficient (Wildman–Crippen LogP) is 0.548. The highest BCUT2D eigenvalue weighted by atomic mass is 35.5. The van der Waals surface area contributed by atoms with E-state index in [0.717, 1.165) is 25.1 Å². The third-order valence-corrected chi connectivity index (χ3v) is 2.51. The second kappa shape index (κ2) is 13.2. The van der Waals surface area contributed by atoms with Crippen molar-refractivity contribution in [2.75, 3.05) is 33.4 Å². The Morgan fingerprint density at radius 1 is 1.35 bits per heavy atom. The fourth-order valence-corrected chi connectivity index (χ4v) is 1.54. The Hall–Kier alpha value is -0.820. The van der Waals surface area contributed by atoms with Crippen molar-refractivity contribution in [1.29, 1.82) is 0 Å². The second-order valence-electron chi connectivity index (χ2n) is 4.12. The van der Waals surface area contributed by atoms with Gasteiger partial charge in [-0.1, -0.05) is 0 Å². The molecule has 0 saturated carbocycles. The minimum atomic E-state index is 0. The van der Waals surface area contributed by atoms with Crippen LogP contribution in [0.1, 0.15) is 12.0 Å². The van der Waals surface area contributed by atoms with Gasteiger partial charge >= 0.3 is 0 Å². The fourth-order valence-electron chi connectivity index (χ4n) is 1.54. The maximum atomic E-state index is 11.5. The monoisotopic (exact) mass is 326 g/mol. The molecule has 0 fully saturated rings. The lowest BCUT2D eigenvalue weighted by Gasteiger charge is -2.06. The lowest BCUT2D eigenvalue weighted by atomic mass is 10.2. The van der Waals surface area contributed by atoms with Gasteiger partial charge in [-0.25, -0.2) is 0 Å². The van der Waals surface area contributed by atoms with Crippen LogP contribution >= 0.6 is 24.8 Å². The summed E-state index contributed by atoms with van der Waals surface area (Å²) in [6, 6.07) is 0. The van der Waals surface area contributed by atoms with Crippen molar-refractivity contribution in [3.8, 4) is 0 Å². The van der Waals surface area contributed by atoms with E-state index in [1.54, 1.807) is 18.0 Å². The third-order valence-electron chi connectivity index (χ3n) is 2.51. The van der Waals surface area contributed by atoms with Crippen molar-refractivity contribution in [3.05, 3.63) is 18.0 Å². The van der Waals surface area contributed by atoms with E-state index >= 15 is 0 Å². The van der Waals surface area contributed by atoms with Gasteiger partial charge in [-0.05, 0) is 12.0 Å². The molecule has 118 valence electrons. The normalized spacial score (nSPS) is 9.50. The Morgan fingerprint density at radius 3 is 2.70 bits per heavy atom. The van der Waals surface area contributed by atoms with E-state index < -0.39 is 0 Å². The van der Waals surface area contributed by atoms with Crippen LogP contribution in [0.2, 0.25) is 0 Å². The van der Waals surface area contributed by atoms with E-state index in [9.17, 15) is 4.79 Å². The number of aromatic nitrogens is 2. The maximum absolute atomic E-state index is 11.5. The van der Waals surface area contributed by atoms with Gasteiger partial charge in [0.15, 0.2) is 0 Å². The van der Waals surface area contributed by atoms with Crippen molar-refractivity contribution in [3.63, 3.8) is 0 Å². The van der Waals surface area contributed by atoms with Gasteiger partial charge < -0.3 is 15.4 Å². The summed E-state index contributed by atoms with van der Waals surface area (Å²) in [5, 5.41) is 10.1. The van der Waals surface area contributed by atoms with Crippen molar-refractivity contribution in [2.24, 2.45) is 7.05 Å². The number of hydrogen-bond acceptors (Lipinski definition) is 4. The van der Waals surface area contributed by atoms with Gasteiger partial charge in [0.05, 0.1) is 12.8 Å². The topological polar surface area (TPSA) is 68.2 Å². The first-order valence-electron chi connectivity index (χ1n) is 6.16. The highest BCUT2D eigenvalue weighted by Crippen LogP contribution is 2.00. The number of halogens is 2. The molecule has 0 saturated heterocycles. The molecule has 1 aromatic rings. The number of hydrogen-bond donors (Lipinski definition) is 2. The zero-order valence-electron chi connectivity index (χ0n) is 11.9. The van der Waals surface area contributed by atoms with Crippen LogP contribution in [-0.2, 0) is 23.0 Å². The van der Waals surface area contributed by atoms with Crippen LogP contribution in [0.5, 0.6) is 0 Å². The molecule has 0 aliphatic heterocycles. The molecule has 8 heteroatoms. The highest BCUT2D eigenvalue weighted by molar-refractivity contribution is 5.85. The quantitative estimate of drug-likeness (QED) is 0.650. The highest BCUT2D eigenvalue weighted by Gasteiger charge is 2.02. The molecule has 20 heavy (non-hydrogen) atoms. The first-order valence-corrected chi connectivity index (χ1v) is 6.16. The molecule has 0 unspecified atom stereocenters. The zero-order chi connectivity index (χ0) is 13.2. The van der Waals surface area contributed by atoms with Crippen LogP contribution in [0.4, 0.5) is 0 Å². The summed E-state index contributed by atoms with van der Waals surface area (Å²) in [5.74, 6) is 0.0763. The molecule has 1 rings (SSSR count). The second-order valence-corrected chi connectivity index (χ2v) is 4.12. The smallest absolute Gasteiger partial charge is 0.220 e. The van der Waals surface area contributed by atoms with Crippen LogP contribution < -0.4 is 10.6 Å². The van der Waals surface area contributed by atoms with E-state index in [1.807, 2.05) is 13.2 Å². The lowest BCUT2D eigenvalue weighted by molar-refractivity contribution is -0.121. The van der Waals surface area contributed by atoms with Crippen LogP contribution in [0.3, 0.4) is 0 Å². The van der Waals surface area contributed by atoms with Gasteiger partial charge in [0, 0.05) is 46.4 Å². The fraction of sp³-hybridized carbons (Fsp3) is 0.667. The average Bonchev–Trinajstić information content (AvgIpc) is 2.77. The molecule has 2 N–H and O–H groups in total. The van der Waals surface area contributed by atoms with E-state index in [4.69, 9.17) is 4.74 Å². The molecule has 0 atom stereocenters. The third kappa shape index (κ3) is 10.0. The molecule has 0 aromatic carbocycles. The molecule has 0 aliphatic carbocycles. The summed E-state index contributed by atoms with van der Waals surface area (Å²) in [7, 11) is 3.54. The van der Waals surface area contributed by atoms with Crippen molar-refractivity contribution in [1.82, 2.24) is 20.4 Å². The minimum absolute atomic E-state index is 0. The van der Waals surface area contributed by atoms with Gasteiger partial charge in [-0.3, -0.25) is 9.48 Å². The molecule has 0 aliphatic rings. The van der Waals surface area contributed by atoms with Crippen LogP contribution in [0, 0.1) is 0 Å². The minimum Gasteiger partial charge on any atom is -0.383 e. The number of ether oxygens (including phenoxy) is 1. The Kier molecular flexibility index (Phi) is 14.2. The Balaban J connectivity index is 0.